The second-order valence-corrected chi connectivity index (χ2v) is 7.93. The predicted molar refractivity (Wildman–Crippen MR) is 126 cm³/mol. The predicted octanol–water partition coefficient (Wildman–Crippen LogP) is 5.03. The highest BCUT2D eigenvalue weighted by atomic mass is 32.2. The van der Waals surface area contributed by atoms with Crippen LogP contribution in [0.1, 0.15) is 23.8 Å². The molecule has 1 aliphatic rings. The number of halogens is 1. The number of phenols is 1. The first-order valence-electron chi connectivity index (χ1n) is 10.1. The Bertz CT molecular complexity index is 1220. The van der Waals surface area contributed by atoms with Gasteiger partial charge in [-0.15, -0.1) is 5.10 Å². The van der Waals surface area contributed by atoms with E-state index in [1.807, 2.05) is 6.92 Å². The highest BCUT2D eigenvalue weighted by Crippen LogP contribution is 2.35. The summed E-state index contributed by atoms with van der Waals surface area (Å²) in [6.07, 6.45) is 4.73. The lowest BCUT2D eigenvalue weighted by Gasteiger charge is -2.12. The van der Waals surface area contributed by atoms with Crippen LogP contribution in [0.3, 0.4) is 0 Å². The van der Waals surface area contributed by atoms with Crippen molar-refractivity contribution in [2.45, 2.75) is 13.5 Å². The number of hydrogen-bond donors (Lipinski definition) is 1. The molecule has 0 aliphatic carbocycles. The van der Waals surface area contributed by atoms with E-state index < -0.39 is 0 Å². The Morgan fingerprint density at radius 3 is 2.70 bits per heavy atom. The molecule has 0 bridgehead atoms. The van der Waals surface area contributed by atoms with Gasteiger partial charge in [-0.3, -0.25) is 9.69 Å². The number of phenolic OH excluding ortho intramolecular Hbond substituents is 1. The van der Waals surface area contributed by atoms with Crippen molar-refractivity contribution >= 4 is 35.1 Å². The molecule has 1 saturated heterocycles. The first-order chi connectivity index (χ1) is 16.0. The van der Waals surface area contributed by atoms with Crippen molar-refractivity contribution in [1.29, 1.82) is 0 Å². The van der Waals surface area contributed by atoms with Crippen molar-refractivity contribution in [2.75, 3.05) is 6.61 Å². The Kier molecular flexibility index (Phi) is 6.89. The number of carbonyl (C=O) groups is 1. The van der Waals surface area contributed by atoms with Crippen molar-refractivity contribution in [3.63, 3.8) is 0 Å². The van der Waals surface area contributed by atoms with Crippen molar-refractivity contribution in [3.05, 3.63) is 88.5 Å². The largest absolute Gasteiger partial charge is 0.504 e. The fourth-order valence-corrected chi connectivity index (χ4v) is 3.95. The average Bonchev–Trinajstić information content (AvgIpc) is 3.42. The first kappa shape index (κ1) is 22.3. The van der Waals surface area contributed by atoms with Crippen LogP contribution in [0.15, 0.2) is 80.4 Å². The maximum Gasteiger partial charge on any atom is 0.267 e. The first-order valence-corrected chi connectivity index (χ1v) is 10.9. The summed E-state index contributed by atoms with van der Waals surface area (Å²) >= 11 is 1.17. The minimum atomic E-state index is -0.337. The van der Waals surface area contributed by atoms with E-state index in [4.69, 9.17) is 9.15 Å². The summed E-state index contributed by atoms with van der Waals surface area (Å²) in [7, 11) is 0. The molecule has 7 nitrogen and oxygen atoms in total. The summed E-state index contributed by atoms with van der Waals surface area (Å²) in [6.45, 7) is 2.42. The molecule has 1 N–H and O–H groups in total. The third-order valence-electron chi connectivity index (χ3n) is 4.58. The Hall–Kier alpha value is -3.85. The number of benzene rings is 2. The number of amidine groups is 1. The molecule has 0 atom stereocenters. The molecule has 0 radical (unpaired) electrons. The van der Waals surface area contributed by atoms with Gasteiger partial charge in [0.15, 0.2) is 16.7 Å². The third-order valence-corrected chi connectivity index (χ3v) is 5.58. The van der Waals surface area contributed by atoms with Crippen LogP contribution in [0.4, 0.5) is 4.39 Å². The number of aromatic hydroxyl groups is 1. The number of nitrogens with zero attached hydrogens (tertiary/aromatic N) is 3. The molecule has 1 amide bonds. The van der Waals surface area contributed by atoms with Crippen LogP contribution in [-0.4, -0.2) is 33.9 Å². The molecule has 1 aromatic heterocycles. The molecule has 2 aromatic carbocycles. The minimum absolute atomic E-state index is 0.0289. The van der Waals surface area contributed by atoms with Gasteiger partial charge in [-0.05, 0) is 72.3 Å². The highest BCUT2D eigenvalue weighted by molar-refractivity contribution is 8.18. The van der Waals surface area contributed by atoms with Crippen LogP contribution in [0.25, 0.3) is 6.08 Å². The van der Waals surface area contributed by atoms with E-state index in [0.29, 0.717) is 39.3 Å². The molecule has 2 heterocycles. The van der Waals surface area contributed by atoms with Crippen molar-refractivity contribution in [2.24, 2.45) is 10.2 Å². The smallest absolute Gasteiger partial charge is 0.267 e. The molecule has 4 rings (SSSR count). The number of rotatable bonds is 7. The Morgan fingerprint density at radius 2 is 1.97 bits per heavy atom. The maximum atomic E-state index is 13.1. The molecule has 168 valence electrons. The highest BCUT2D eigenvalue weighted by Gasteiger charge is 2.34. The monoisotopic (exact) mass is 465 g/mol. The summed E-state index contributed by atoms with van der Waals surface area (Å²) in [4.78, 5) is 15.0. The number of furan rings is 1. The Balaban J connectivity index is 1.62. The number of thioether (sulfide) groups is 1. The number of hydrogen-bond acceptors (Lipinski definition) is 7. The van der Waals surface area contributed by atoms with Crippen LogP contribution in [0.2, 0.25) is 0 Å². The van der Waals surface area contributed by atoms with E-state index >= 15 is 0 Å². The zero-order valence-corrected chi connectivity index (χ0v) is 18.5. The Morgan fingerprint density at radius 1 is 1.18 bits per heavy atom. The number of amides is 1. The van der Waals surface area contributed by atoms with E-state index in [2.05, 4.69) is 10.2 Å². The SMILES string of the molecule is CCOc1cc(/C=C2\S/C(=N\N=C\c3ccc(F)cc3)N(Cc3ccco3)C2=O)ccc1O. The van der Waals surface area contributed by atoms with Crippen molar-refractivity contribution in [1.82, 2.24) is 4.90 Å². The minimum Gasteiger partial charge on any atom is -0.504 e. The van der Waals surface area contributed by atoms with Crippen LogP contribution in [-0.2, 0) is 11.3 Å². The van der Waals surface area contributed by atoms with Gasteiger partial charge in [-0.1, -0.05) is 18.2 Å². The molecular weight excluding hydrogens is 445 g/mol. The van der Waals surface area contributed by atoms with E-state index in [1.165, 1.54) is 47.3 Å². The molecule has 1 fully saturated rings. The summed E-state index contributed by atoms with van der Waals surface area (Å²) in [5.74, 6) is 0.382. The van der Waals surface area contributed by atoms with Gasteiger partial charge in [0.25, 0.3) is 5.91 Å². The summed E-state index contributed by atoms with van der Waals surface area (Å²) < 4.78 is 23.9. The van der Waals surface area contributed by atoms with Crippen LogP contribution in [0, 0.1) is 5.82 Å². The van der Waals surface area contributed by atoms with Gasteiger partial charge in [0.05, 0.1) is 30.5 Å². The van der Waals surface area contributed by atoms with Crippen molar-refractivity contribution < 1.29 is 23.4 Å². The molecule has 0 spiro atoms. The zero-order chi connectivity index (χ0) is 23.2. The molecule has 3 aromatic rings. The molecule has 33 heavy (non-hydrogen) atoms. The van der Waals surface area contributed by atoms with Gasteiger partial charge in [-0.2, -0.15) is 5.10 Å². The lowest BCUT2D eigenvalue weighted by molar-refractivity contribution is -0.122. The van der Waals surface area contributed by atoms with Crippen LogP contribution >= 0.6 is 11.8 Å². The van der Waals surface area contributed by atoms with Crippen LogP contribution in [0.5, 0.6) is 11.5 Å². The van der Waals surface area contributed by atoms with E-state index in [9.17, 15) is 14.3 Å². The lowest BCUT2D eigenvalue weighted by Crippen LogP contribution is -2.28. The van der Waals surface area contributed by atoms with Crippen LogP contribution < -0.4 is 4.74 Å². The summed E-state index contributed by atoms with van der Waals surface area (Å²) in [5.41, 5.74) is 1.37. The van der Waals surface area contributed by atoms with Gasteiger partial charge >= 0.3 is 0 Å². The summed E-state index contributed by atoms with van der Waals surface area (Å²) in [6, 6.07) is 14.2. The topological polar surface area (TPSA) is 87.6 Å². The van der Waals surface area contributed by atoms with E-state index in [0.717, 1.165) is 0 Å². The number of carbonyl (C=O) groups excluding carboxylic acids is 1. The van der Waals surface area contributed by atoms with E-state index in [1.54, 1.807) is 42.5 Å². The van der Waals surface area contributed by atoms with Gasteiger partial charge in [0.2, 0.25) is 0 Å². The quantitative estimate of drug-likeness (QED) is 0.300. The molecule has 0 saturated carbocycles. The normalized spacial score (nSPS) is 16.4. The van der Waals surface area contributed by atoms with Gasteiger partial charge in [0, 0.05) is 0 Å². The molecular formula is C24H20FN3O4S. The van der Waals surface area contributed by atoms with Crippen molar-refractivity contribution in [3.8, 4) is 11.5 Å². The standard InChI is InChI=1S/C24H20FN3O4S/c1-2-31-21-12-17(7-10-20(21)29)13-22-23(30)28(15-19-4-3-11-32-19)24(33-22)27-26-14-16-5-8-18(25)9-6-16/h3-14,29H,2,15H2,1H3/b22-13-,26-14+,27-24-. The second-order valence-electron chi connectivity index (χ2n) is 6.92. The molecule has 1 aliphatic heterocycles. The van der Waals surface area contributed by atoms with Gasteiger partial charge in [0.1, 0.15) is 11.6 Å². The average molecular weight is 466 g/mol. The zero-order valence-electron chi connectivity index (χ0n) is 17.6. The third kappa shape index (κ3) is 5.50. The van der Waals surface area contributed by atoms with Gasteiger partial charge in [-0.25, -0.2) is 4.39 Å². The fraction of sp³-hybridized carbons (Fsp3) is 0.125. The lowest BCUT2D eigenvalue weighted by atomic mass is 10.2. The maximum absolute atomic E-state index is 13.1. The number of ether oxygens (including phenoxy) is 1. The second kappa shape index (κ2) is 10.2. The molecule has 9 heteroatoms. The summed E-state index contributed by atoms with van der Waals surface area (Å²) in [5, 5.41) is 18.6. The van der Waals surface area contributed by atoms with Gasteiger partial charge < -0.3 is 14.3 Å². The fourth-order valence-electron chi connectivity index (χ4n) is 3.02. The van der Waals surface area contributed by atoms with E-state index in [-0.39, 0.29) is 24.0 Å². The Labute approximate surface area is 193 Å². The molecule has 0 unspecified atom stereocenters.